The molecular formula is C18H23NO. The van der Waals surface area contributed by atoms with Gasteiger partial charge in [0, 0.05) is 11.6 Å². The molecule has 2 heteroatoms. The molecule has 0 aromatic heterocycles. The number of rotatable bonds is 6. The summed E-state index contributed by atoms with van der Waals surface area (Å²) in [6, 6.07) is 17.2. The Labute approximate surface area is 121 Å². The van der Waals surface area contributed by atoms with E-state index in [4.69, 9.17) is 4.74 Å². The van der Waals surface area contributed by atoms with Gasteiger partial charge in [-0.3, -0.25) is 0 Å². The maximum absolute atomic E-state index is 5.85. The maximum atomic E-state index is 5.85. The van der Waals surface area contributed by atoms with Crippen molar-refractivity contribution in [1.29, 1.82) is 0 Å². The van der Waals surface area contributed by atoms with Gasteiger partial charge in [-0.25, -0.2) is 0 Å². The third kappa shape index (κ3) is 3.40. The van der Waals surface area contributed by atoms with Crippen LogP contribution in [0.3, 0.4) is 0 Å². The van der Waals surface area contributed by atoms with Gasteiger partial charge in [-0.15, -0.1) is 0 Å². The van der Waals surface area contributed by atoms with Crippen molar-refractivity contribution in [2.24, 2.45) is 0 Å². The fourth-order valence-corrected chi connectivity index (χ4v) is 2.19. The zero-order valence-electron chi connectivity index (χ0n) is 12.5. The minimum absolute atomic E-state index is 0.346. The van der Waals surface area contributed by atoms with Gasteiger partial charge in [0.2, 0.25) is 0 Å². The Morgan fingerprint density at radius 1 is 1.10 bits per heavy atom. The molecule has 0 bridgehead atoms. The van der Waals surface area contributed by atoms with Gasteiger partial charge in [-0.1, -0.05) is 43.3 Å². The van der Waals surface area contributed by atoms with Crippen LogP contribution in [0.4, 0.5) is 0 Å². The summed E-state index contributed by atoms with van der Waals surface area (Å²) in [5.74, 6) is 0.962. The molecule has 0 heterocycles. The van der Waals surface area contributed by atoms with E-state index in [0.29, 0.717) is 6.04 Å². The van der Waals surface area contributed by atoms with Crippen molar-refractivity contribution < 1.29 is 4.74 Å². The Morgan fingerprint density at radius 3 is 2.65 bits per heavy atom. The third-order valence-corrected chi connectivity index (χ3v) is 3.48. The number of para-hydroxylation sites is 1. The lowest BCUT2D eigenvalue weighted by Crippen LogP contribution is -2.12. The van der Waals surface area contributed by atoms with E-state index in [1.165, 1.54) is 11.1 Å². The highest BCUT2D eigenvalue weighted by Gasteiger charge is 2.08. The number of ether oxygens (including phenoxy) is 1. The zero-order valence-corrected chi connectivity index (χ0v) is 12.5. The molecule has 0 saturated carbocycles. The molecule has 2 rings (SSSR count). The van der Waals surface area contributed by atoms with E-state index in [0.717, 1.165) is 24.3 Å². The van der Waals surface area contributed by atoms with Crippen LogP contribution in [0.25, 0.3) is 11.1 Å². The van der Waals surface area contributed by atoms with Gasteiger partial charge < -0.3 is 10.1 Å². The molecule has 0 radical (unpaired) electrons. The van der Waals surface area contributed by atoms with Gasteiger partial charge in [0.05, 0.1) is 6.61 Å². The van der Waals surface area contributed by atoms with E-state index < -0.39 is 0 Å². The van der Waals surface area contributed by atoms with Gasteiger partial charge in [0.25, 0.3) is 0 Å². The van der Waals surface area contributed by atoms with E-state index >= 15 is 0 Å². The lowest BCUT2D eigenvalue weighted by molar-refractivity contribution is 0.318. The number of hydrogen-bond acceptors (Lipinski definition) is 2. The van der Waals surface area contributed by atoms with Crippen LogP contribution in [0, 0.1) is 0 Å². The second-order valence-electron chi connectivity index (χ2n) is 4.98. The third-order valence-electron chi connectivity index (χ3n) is 3.48. The first-order chi connectivity index (χ1) is 9.76. The van der Waals surface area contributed by atoms with Gasteiger partial charge in [0.15, 0.2) is 0 Å². The molecule has 2 nitrogen and oxygen atoms in total. The van der Waals surface area contributed by atoms with Crippen molar-refractivity contribution in [1.82, 2.24) is 5.32 Å². The van der Waals surface area contributed by atoms with Crippen LogP contribution in [0.1, 0.15) is 31.9 Å². The molecule has 2 aromatic rings. The van der Waals surface area contributed by atoms with E-state index in [-0.39, 0.29) is 0 Å². The molecule has 0 spiro atoms. The highest BCUT2D eigenvalue weighted by atomic mass is 16.5. The summed E-state index contributed by atoms with van der Waals surface area (Å²) in [6.45, 7) is 5.04. The van der Waals surface area contributed by atoms with Crippen LogP contribution >= 0.6 is 0 Å². The first kappa shape index (κ1) is 14.6. The molecule has 0 fully saturated rings. The summed E-state index contributed by atoms with van der Waals surface area (Å²) >= 11 is 0. The molecule has 1 atom stereocenters. The quantitative estimate of drug-likeness (QED) is 0.838. The Bertz CT molecular complexity index is 551. The standard InChI is InChI=1S/C18H23NO/c1-4-12-20-18-11-6-5-10-17(18)16-9-7-8-15(13-16)14(2)19-3/h5-11,13-14,19H,4,12H2,1-3H3. The fourth-order valence-electron chi connectivity index (χ4n) is 2.19. The van der Waals surface area contributed by atoms with E-state index in [2.05, 4.69) is 55.6 Å². The van der Waals surface area contributed by atoms with Crippen molar-refractivity contribution in [3.05, 3.63) is 54.1 Å². The number of nitrogens with one attached hydrogen (secondary N) is 1. The normalized spacial score (nSPS) is 12.2. The second-order valence-corrected chi connectivity index (χ2v) is 4.98. The van der Waals surface area contributed by atoms with E-state index in [1.54, 1.807) is 0 Å². The number of benzene rings is 2. The summed E-state index contributed by atoms with van der Waals surface area (Å²) in [4.78, 5) is 0. The molecule has 0 saturated heterocycles. The molecule has 0 amide bonds. The minimum Gasteiger partial charge on any atom is -0.493 e. The van der Waals surface area contributed by atoms with E-state index in [9.17, 15) is 0 Å². The molecule has 1 unspecified atom stereocenters. The average Bonchev–Trinajstić information content (AvgIpc) is 2.52. The van der Waals surface area contributed by atoms with Gasteiger partial charge in [-0.2, -0.15) is 0 Å². The second kappa shape index (κ2) is 7.11. The predicted molar refractivity (Wildman–Crippen MR) is 85.1 cm³/mol. The predicted octanol–water partition coefficient (Wildman–Crippen LogP) is 4.42. The summed E-state index contributed by atoms with van der Waals surface area (Å²) in [6.07, 6.45) is 1.02. The molecule has 0 aliphatic rings. The van der Waals surface area contributed by atoms with Crippen LogP contribution in [0.5, 0.6) is 5.75 Å². The lowest BCUT2D eigenvalue weighted by Gasteiger charge is -2.14. The minimum atomic E-state index is 0.346. The van der Waals surface area contributed by atoms with Crippen molar-refractivity contribution >= 4 is 0 Å². The van der Waals surface area contributed by atoms with Crippen LogP contribution < -0.4 is 10.1 Å². The summed E-state index contributed by atoms with van der Waals surface area (Å²) in [7, 11) is 1.98. The lowest BCUT2D eigenvalue weighted by atomic mass is 9.99. The fraction of sp³-hybridized carbons (Fsp3) is 0.333. The highest BCUT2D eigenvalue weighted by molar-refractivity contribution is 5.71. The van der Waals surface area contributed by atoms with Gasteiger partial charge in [-0.05, 0) is 43.7 Å². The Kier molecular flexibility index (Phi) is 5.19. The van der Waals surface area contributed by atoms with Crippen molar-refractivity contribution in [3.63, 3.8) is 0 Å². The average molecular weight is 269 g/mol. The smallest absolute Gasteiger partial charge is 0.127 e. The first-order valence-corrected chi connectivity index (χ1v) is 7.25. The summed E-state index contributed by atoms with van der Waals surface area (Å²) in [5, 5.41) is 3.28. The summed E-state index contributed by atoms with van der Waals surface area (Å²) < 4.78 is 5.85. The van der Waals surface area contributed by atoms with Crippen LogP contribution in [-0.2, 0) is 0 Å². The molecule has 2 aromatic carbocycles. The Balaban J connectivity index is 2.36. The van der Waals surface area contributed by atoms with Crippen molar-refractivity contribution in [2.45, 2.75) is 26.3 Å². The van der Waals surface area contributed by atoms with Crippen LogP contribution in [0.2, 0.25) is 0 Å². The summed E-state index contributed by atoms with van der Waals surface area (Å²) in [5.41, 5.74) is 3.65. The van der Waals surface area contributed by atoms with Crippen molar-refractivity contribution in [3.8, 4) is 16.9 Å². The largest absolute Gasteiger partial charge is 0.493 e. The molecule has 20 heavy (non-hydrogen) atoms. The highest BCUT2D eigenvalue weighted by Crippen LogP contribution is 2.31. The van der Waals surface area contributed by atoms with E-state index in [1.807, 2.05) is 19.2 Å². The molecule has 106 valence electrons. The SMILES string of the molecule is CCCOc1ccccc1-c1cccc(C(C)NC)c1. The molecule has 0 aliphatic heterocycles. The van der Waals surface area contributed by atoms with Crippen molar-refractivity contribution in [2.75, 3.05) is 13.7 Å². The maximum Gasteiger partial charge on any atom is 0.127 e. The van der Waals surface area contributed by atoms with Gasteiger partial charge >= 0.3 is 0 Å². The Hall–Kier alpha value is -1.80. The molecular weight excluding hydrogens is 246 g/mol. The Morgan fingerprint density at radius 2 is 1.90 bits per heavy atom. The van der Waals surface area contributed by atoms with Crippen LogP contribution in [0.15, 0.2) is 48.5 Å². The zero-order chi connectivity index (χ0) is 14.4. The van der Waals surface area contributed by atoms with Crippen LogP contribution in [-0.4, -0.2) is 13.7 Å². The molecule has 0 aliphatic carbocycles. The topological polar surface area (TPSA) is 21.3 Å². The van der Waals surface area contributed by atoms with Gasteiger partial charge in [0.1, 0.15) is 5.75 Å². The first-order valence-electron chi connectivity index (χ1n) is 7.25. The monoisotopic (exact) mass is 269 g/mol. The number of hydrogen-bond donors (Lipinski definition) is 1. The molecule has 1 N–H and O–H groups in total.